The van der Waals surface area contributed by atoms with Crippen molar-refractivity contribution >= 4 is 13.6 Å². The minimum atomic E-state index is 0. The van der Waals surface area contributed by atoms with Crippen LogP contribution in [0.25, 0.3) is 5.32 Å². The van der Waals surface area contributed by atoms with Crippen LogP contribution >= 0.6 is 0 Å². The molecular formula is C16H25MnNO2-6. The maximum absolute atomic E-state index is 7.75. The number of nitrogens with zero attached hydrogens (tertiary/aromatic N) is 1. The Hall–Kier alpha value is -1.09. The van der Waals surface area contributed by atoms with Crippen LogP contribution in [-0.2, 0) is 33.2 Å². The van der Waals surface area contributed by atoms with Gasteiger partial charge in [0.05, 0.1) is 0 Å². The summed E-state index contributed by atoms with van der Waals surface area (Å²) in [7, 11) is 0. The van der Waals surface area contributed by atoms with Crippen LogP contribution in [0.5, 0.6) is 0 Å². The van der Waals surface area contributed by atoms with Gasteiger partial charge in [0.2, 0.25) is 0 Å². The zero-order valence-electron chi connectivity index (χ0n) is 12.6. The van der Waals surface area contributed by atoms with Crippen LogP contribution in [0.15, 0.2) is 24.3 Å². The molecule has 0 aliphatic rings. The van der Waals surface area contributed by atoms with Gasteiger partial charge >= 0.3 is 0 Å². The third kappa shape index (κ3) is 19.3. The van der Waals surface area contributed by atoms with Gasteiger partial charge < -0.3 is 29.3 Å². The third-order valence-electron chi connectivity index (χ3n) is 1.72. The molecule has 0 fully saturated rings. The van der Waals surface area contributed by atoms with Crippen molar-refractivity contribution in [3.63, 3.8) is 0 Å². The number of rotatable bonds is 4. The quantitative estimate of drug-likeness (QED) is 0.366. The summed E-state index contributed by atoms with van der Waals surface area (Å²) in [5.74, 6) is 0. The van der Waals surface area contributed by atoms with E-state index in [4.69, 9.17) is 9.59 Å². The maximum atomic E-state index is 7.75. The minimum absolute atomic E-state index is 0. The van der Waals surface area contributed by atoms with E-state index in [1.54, 1.807) is 0 Å². The minimum Gasteiger partial charge on any atom is -0.671 e. The van der Waals surface area contributed by atoms with Crippen molar-refractivity contribution in [3.8, 4) is 0 Å². The molecular weight excluding hydrogens is 293 g/mol. The first-order valence-electron chi connectivity index (χ1n) is 5.64. The summed E-state index contributed by atoms with van der Waals surface area (Å²) >= 11 is 0. The summed E-state index contributed by atoms with van der Waals surface area (Å²) in [6, 6.07) is 8.08. The average Bonchev–Trinajstić information content (AvgIpc) is 2.48. The molecule has 0 atom stereocenters. The molecule has 1 aromatic rings. The number of carbonyl (C=O) groups excluding carboxylic acids is 2. The molecule has 1 rings (SSSR count). The molecule has 1 aromatic carbocycles. The van der Waals surface area contributed by atoms with Crippen LogP contribution in [0.2, 0.25) is 0 Å². The molecule has 119 valence electrons. The Kier molecular flexibility index (Phi) is 48.2. The van der Waals surface area contributed by atoms with Crippen molar-refractivity contribution in [2.75, 3.05) is 6.54 Å². The summed E-state index contributed by atoms with van der Waals surface area (Å²) in [4.78, 5) is 15.5. The standard InChI is InChI=1S/C11H14N.C2H6.2CHO.CH3.Mn/c1-3-8-12-9-11-7-5-4-6-10(11)2;3*1-2;;/h4-7H,1-3,8-9H2;1-2H3;2*1H;1H3;/q-3;;3*-1;. The molecule has 0 spiro atoms. The Bertz CT molecular complexity index is 268. The fourth-order valence-electron chi connectivity index (χ4n) is 1.02. The first-order valence-corrected chi connectivity index (χ1v) is 5.64. The fourth-order valence-corrected chi connectivity index (χ4v) is 1.02. The van der Waals surface area contributed by atoms with E-state index in [0.717, 1.165) is 25.1 Å². The van der Waals surface area contributed by atoms with E-state index in [1.165, 1.54) is 5.56 Å². The Morgan fingerprint density at radius 3 is 1.95 bits per heavy atom. The SMILES string of the molecule is CC.[CH-]=O.[CH-]=O.[CH2-]CC[N-]Cc1ccccc1[CH2-].[CH3-].[Mn]. The number of hydrogen-bond acceptors (Lipinski definition) is 2. The Balaban J connectivity index is -0.0000000833. The Morgan fingerprint density at radius 1 is 1.10 bits per heavy atom. The fraction of sp³-hybridized carbons (Fsp3) is 0.312. The van der Waals surface area contributed by atoms with E-state index >= 15 is 0 Å². The van der Waals surface area contributed by atoms with Crippen LogP contribution in [0, 0.1) is 21.3 Å². The predicted octanol–water partition coefficient (Wildman–Crippen LogP) is 3.89. The van der Waals surface area contributed by atoms with Gasteiger partial charge in [-0.2, -0.15) is 37.2 Å². The van der Waals surface area contributed by atoms with E-state index in [-0.39, 0.29) is 24.5 Å². The van der Waals surface area contributed by atoms with Gasteiger partial charge in [-0.05, 0) is 0 Å². The van der Waals surface area contributed by atoms with E-state index in [9.17, 15) is 0 Å². The van der Waals surface area contributed by atoms with Gasteiger partial charge in [-0.25, -0.2) is 6.42 Å². The summed E-state index contributed by atoms with van der Waals surface area (Å²) in [5.41, 5.74) is 2.29. The zero-order chi connectivity index (χ0) is 14.8. The molecule has 3 nitrogen and oxygen atoms in total. The van der Waals surface area contributed by atoms with Gasteiger partial charge in [-0.1, -0.05) is 19.9 Å². The smallest absolute Gasteiger partial charge is 0 e. The molecule has 1 radical (unpaired) electrons. The van der Waals surface area contributed by atoms with E-state index in [2.05, 4.69) is 38.8 Å². The summed E-state index contributed by atoms with van der Waals surface area (Å²) in [6.07, 6.45) is 0.874. The van der Waals surface area contributed by atoms with Crippen molar-refractivity contribution in [2.45, 2.75) is 26.8 Å². The predicted molar refractivity (Wildman–Crippen MR) is 84.1 cm³/mol. The molecule has 0 aliphatic heterocycles. The first kappa shape index (κ1) is 31.3. The van der Waals surface area contributed by atoms with Gasteiger partial charge in [0.1, 0.15) is 0 Å². The average molecular weight is 318 g/mol. The Labute approximate surface area is 136 Å². The van der Waals surface area contributed by atoms with Gasteiger partial charge in [0.15, 0.2) is 0 Å². The van der Waals surface area contributed by atoms with Crippen LogP contribution < -0.4 is 0 Å². The largest absolute Gasteiger partial charge is 0.671 e. The van der Waals surface area contributed by atoms with Gasteiger partial charge in [0, 0.05) is 17.1 Å². The monoisotopic (exact) mass is 318 g/mol. The normalized spacial score (nSPS) is 6.75. The second-order valence-electron chi connectivity index (χ2n) is 2.73. The molecule has 0 aliphatic carbocycles. The second kappa shape index (κ2) is 30.7. The number of benzene rings is 1. The molecule has 0 heterocycles. The molecule has 0 saturated carbocycles. The van der Waals surface area contributed by atoms with Crippen molar-refractivity contribution in [1.29, 1.82) is 0 Å². The van der Waals surface area contributed by atoms with Crippen molar-refractivity contribution in [2.24, 2.45) is 0 Å². The zero-order valence-corrected chi connectivity index (χ0v) is 13.8. The van der Waals surface area contributed by atoms with E-state index in [0.29, 0.717) is 0 Å². The summed E-state index contributed by atoms with van der Waals surface area (Å²) in [5, 5.41) is 4.32. The third-order valence-corrected chi connectivity index (χ3v) is 1.72. The maximum Gasteiger partial charge on any atom is 0 e. The van der Waals surface area contributed by atoms with Crippen LogP contribution in [0.4, 0.5) is 0 Å². The molecule has 0 amide bonds. The van der Waals surface area contributed by atoms with Crippen molar-refractivity contribution in [3.05, 3.63) is 62.0 Å². The molecule has 0 unspecified atom stereocenters. The van der Waals surface area contributed by atoms with Crippen molar-refractivity contribution in [1.82, 2.24) is 0 Å². The van der Waals surface area contributed by atoms with Crippen LogP contribution in [-0.4, -0.2) is 20.1 Å². The van der Waals surface area contributed by atoms with Crippen LogP contribution in [0.1, 0.15) is 31.4 Å². The molecule has 0 aromatic heterocycles. The summed E-state index contributed by atoms with van der Waals surface area (Å²) < 4.78 is 0. The van der Waals surface area contributed by atoms with Gasteiger partial charge in [-0.15, -0.1) is 12.1 Å². The molecule has 20 heavy (non-hydrogen) atoms. The molecule has 0 saturated heterocycles. The van der Waals surface area contributed by atoms with Crippen LogP contribution in [0.3, 0.4) is 0 Å². The molecule has 0 bridgehead atoms. The molecule has 4 heteroatoms. The van der Waals surface area contributed by atoms with Gasteiger partial charge in [-0.3, -0.25) is 13.6 Å². The Morgan fingerprint density at radius 2 is 1.55 bits per heavy atom. The second-order valence-corrected chi connectivity index (χ2v) is 2.73. The van der Waals surface area contributed by atoms with Crippen molar-refractivity contribution < 1.29 is 26.7 Å². The summed E-state index contributed by atoms with van der Waals surface area (Å²) in [6.45, 7) is 19.8. The van der Waals surface area contributed by atoms with E-state index in [1.807, 2.05) is 32.0 Å². The van der Waals surface area contributed by atoms with Gasteiger partial charge in [0.25, 0.3) is 0 Å². The number of hydrogen-bond donors (Lipinski definition) is 0. The first-order chi connectivity index (χ1) is 8.84. The molecule has 0 N–H and O–H groups in total. The topological polar surface area (TPSA) is 48.2 Å². The van der Waals surface area contributed by atoms with E-state index < -0.39 is 0 Å².